The fraction of sp³-hybridized carbons (Fsp3) is 0.417. The number of aliphatic hydroxyl groups excluding tert-OH is 2. The molecule has 24 heteroatoms. The average Bonchev–Trinajstić information content (AvgIpc) is 3.85. The number of aromatic hydroxyl groups is 1. The first kappa shape index (κ1) is 56.6. The van der Waals surface area contributed by atoms with E-state index in [1.54, 1.807) is 60.7 Å². The Morgan fingerprint density at radius 2 is 1.18 bits per heavy atom. The van der Waals surface area contributed by atoms with Crippen LogP contribution >= 0.6 is 0 Å². The molecule has 1 fully saturated rings. The Bertz CT molecular complexity index is 2370. The molecule has 0 spiro atoms. The number of carbonyl (C=O) groups is 10. The lowest BCUT2D eigenvalue weighted by atomic mass is 10.0. The zero-order valence-corrected chi connectivity index (χ0v) is 39.5. The van der Waals surface area contributed by atoms with E-state index in [0.717, 1.165) is 5.56 Å². The summed E-state index contributed by atoms with van der Waals surface area (Å²) in [6.07, 6.45) is -1.64. The Hall–Kier alpha value is -7.96. The molecule has 4 rings (SSSR count). The number of benzene rings is 3. The molecule has 24 nitrogen and oxygen atoms in total. The molecule has 0 saturated carbocycles. The number of primary amides is 1. The number of nitrogens with two attached hydrogens (primary N) is 2. The minimum atomic E-state index is -1.70. The van der Waals surface area contributed by atoms with E-state index in [2.05, 4.69) is 37.2 Å². The number of aliphatic carboxylic acids is 1. The van der Waals surface area contributed by atoms with E-state index in [1.807, 2.05) is 0 Å². The number of aliphatic hydroxyl groups is 2. The number of nitrogens with zero attached hydrogens (tertiary/aromatic N) is 1. The van der Waals surface area contributed by atoms with Crippen LogP contribution in [0.3, 0.4) is 0 Å². The van der Waals surface area contributed by atoms with Gasteiger partial charge >= 0.3 is 5.97 Å². The first-order chi connectivity index (χ1) is 34.3. The fourth-order valence-corrected chi connectivity index (χ4v) is 7.60. The Morgan fingerprint density at radius 3 is 1.72 bits per heavy atom. The van der Waals surface area contributed by atoms with Crippen molar-refractivity contribution in [3.05, 3.63) is 102 Å². The molecular formula is C48H62N10O14. The quantitative estimate of drug-likeness (QED) is 0.0348. The van der Waals surface area contributed by atoms with Gasteiger partial charge in [0.05, 0.1) is 31.8 Å². The second-order valence-electron chi connectivity index (χ2n) is 17.1. The van der Waals surface area contributed by atoms with Crippen LogP contribution in [0.4, 0.5) is 0 Å². The van der Waals surface area contributed by atoms with Crippen LogP contribution in [-0.2, 0) is 67.2 Å². The van der Waals surface area contributed by atoms with E-state index in [4.69, 9.17) is 11.5 Å². The molecule has 0 aliphatic carbocycles. The van der Waals surface area contributed by atoms with Crippen LogP contribution in [0.2, 0.25) is 0 Å². The normalized spacial score (nSPS) is 15.9. The second kappa shape index (κ2) is 28.0. The molecule has 0 bridgehead atoms. The Balaban J connectivity index is 1.39. The van der Waals surface area contributed by atoms with E-state index in [0.29, 0.717) is 17.5 Å². The number of carboxylic acid groups (broad SMARTS) is 1. The molecular weight excluding hydrogens is 941 g/mol. The van der Waals surface area contributed by atoms with Gasteiger partial charge in [0.1, 0.15) is 36.0 Å². The van der Waals surface area contributed by atoms with E-state index in [1.165, 1.54) is 36.1 Å². The number of likely N-dealkylation sites (tertiary alicyclic amines) is 1. The lowest BCUT2D eigenvalue weighted by molar-refractivity contribution is -0.145. The van der Waals surface area contributed by atoms with Gasteiger partial charge in [-0.15, -0.1) is 0 Å². The SMILES string of the molecule is C[C@@H](O)[C@H](NC(=O)[C@H](Cc1ccccc1)NC(=O)[C@@H]1CCCN1C(=O)[C@H](Cc1ccc(O)cc1)NC(=O)CNC(=O)[C@H](CO)NC(=O)CNC(=O)[C@H](CCC(N)=O)NC(=O)[C@@H](N)Cc1ccccc1)C(=O)O. The van der Waals surface area contributed by atoms with Crippen molar-refractivity contribution in [2.75, 3.05) is 26.2 Å². The third kappa shape index (κ3) is 18.1. The molecule has 15 N–H and O–H groups in total. The van der Waals surface area contributed by atoms with Crippen LogP contribution in [0.1, 0.15) is 49.3 Å². The van der Waals surface area contributed by atoms with E-state index < -0.39 is 127 Å². The molecule has 72 heavy (non-hydrogen) atoms. The molecule has 8 atom stereocenters. The van der Waals surface area contributed by atoms with Gasteiger partial charge in [0.15, 0.2) is 6.04 Å². The number of carbonyl (C=O) groups excluding carboxylic acids is 9. The second-order valence-corrected chi connectivity index (χ2v) is 17.1. The molecule has 1 aliphatic rings. The van der Waals surface area contributed by atoms with Gasteiger partial charge in [-0.2, -0.15) is 0 Å². The largest absolute Gasteiger partial charge is 0.508 e. The molecule has 3 aromatic carbocycles. The molecule has 3 aromatic rings. The maximum Gasteiger partial charge on any atom is 0.328 e. The Morgan fingerprint density at radius 1 is 0.653 bits per heavy atom. The highest BCUT2D eigenvalue weighted by Crippen LogP contribution is 2.21. The topological polar surface area (TPSA) is 391 Å². The van der Waals surface area contributed by atoms with Crippen molar-refractivity contribution in [3.8, 4) is 5.75 Å². The highest BCUT2D eigenvalue weighted by molar-refractivity contribution is 5.97. The monoisotopic (exact) mass is 1000 g/mol. The maximum atomic E-state index is 14.3. The summed E-state index contributed by atoms with van der Waals surface area (Å²) in [5.74, 6) is -9.25. The number of hydrogen-bond acceptors (Lipinski definition) is 14. The zero-order valence-electron chi connectivity index (χ0n) is 39.5. The van der Waals surface area contributed by atoms with Gasteiger partial charge in [-0.3, -0.25) is 43.2 Å². The summed E-state index contributed by atoms with van der Waals surface area (Å²) in [6, 6.07) is 13.4. The van der Waals surface area contributed by atoms with E-state index in [-0.39, 0.29) is 50.8 Å². The standard InChI is InChI=1S/C48H62N10O14/c1-27(60)41(48(71)72)57-45(68)34(22-29-11-6-3-7-12-29)56-46(69)37-13-8-20-58(37)47(70)35(23-30-14-16-31(61)17-15-30)53-39(63)24-52-44(67)36(26-59)54-40(64)25-51-43(66)33(18-19-38(50)62)55-42(65)32(49)21-28-9-4-2-5-10-28/h2-7,9-12,14-17,27,32-37,41,59-61H,8,13,18-26,49H2,1H3,(H2,50,62)(H,51,66)(H,52,67)(H,53,63)(H,54,64)(H,55,65)(H,56,69)(H,57,68)(H,71,72)/t27-,32+,33+,34+,35+,36+,37+,41+/m1/s1. The summed E-state index contributed by atoms with van der Waals surface area (Å²) in [5, 5.41) is 56.1. The van der Waals surface area contributed by atoms with Crippen molar-refractivity contribution in [3.63, 3.8) is 0 Å². The Kier molecular flexibility index (Phi) is 22.0. The van der Waals surface area contributed by atoms with Crippen LogP contribution < -0.4 is 48.7 Å². The summed E-state index contributed by atoms with van der Waals surface area (Å²) in [5.41, 5.74) is 13.1. The molecule has 0 radical (unpaired) electrons. The van der Waals surface area contributed by atoms with E-state index in [9.17, 15) is 68.4 Å². The highest BCUT2D eigenvalue weighted by Gasteiger charge is 2.40. The molecule has 0 unspecified atom stereocenters. The number of rotatable bonds is 27. The minimum Gasteiger partial charge on any atom is -0.508 e. The first-order valence-corrected chi connectivity index (χ1v) is 23.0. The molecule has 1 heterocycles. The molecule has 0 aromatic heterocycles. The number of phenolic OH excluding ortho intramolecular Hbond substituents is 1. The summed E-state index contributed by atoms with van der Waals surface area (Å²) in [7, 11) is 0. The van der Waals surface area contributed by atoms with Crippen LogP contribution in [0.15, 0.2) is 84.9 Å². The summed E-state index contributed by atoms with van der Waals surface area (Å²) in [4.78, 5) is 132. The number of hydrogen-bond donors (Lipinski definition) is 13. The van der Waals surface area contributed by atoms with Crippen molar-refractivity contribution in [2.45, 2.75) is 100 Å². The lowest BCUT2D eigenvalue weighted by Gasteiger charge is -2.30. The van der Waals surface area contributed by atoms with Gasteiger partial charge in [-0.05, 0) is 61.4 Å². The van der Waals surface area contributed by atoms with Crippen LogP contribution in [-0.4, -0.2) is 159 Å². The number of carboxylic acids is 1. The van der Waals surface area contributed by atoms with Gasteiger partial charge in [-0.25, -0.2) is 4.79 Å². The highest BCUT2D eigenvalue weighted by atomic mass is 16.4. The molecule has 388 valence electrons. The smallest absolute Gasteiger partial charge is 0.328 e. The van der Waals surface area contributed by atoms with Crippen molar-refractivity contribution in [2.24, 2.45) is 11.5 Å². The van der Waals surface area contributed by atoms with Crippen molar-refractivity contribution in [1.82, 2.24) is 42.1 Å². The number of amides is 9. The zero-order chi connectivity index (χ0) is 52.9. The fourth-order valence-electron chi connectivity index (χ4n) is 7.60. The molecule has 1 aliphatic heterocycles. The summed E-state index contributed by atoms with van der Waals surface area (Å²) < 4.78 is 0. The summed E-state index contributed by atoms with van der Waals surface area (Å²) in [6.45, 7) is -1.26. The molecule has 1 saturated heterocycles. The van der Waals surface area contributed by atoms with Crippen LogP contribution in [0, 0.1) is 0 Å². The van der Waals surface area contributed by atoms with Gasteiger partial charge in [0, 0.05) is 25.8 Å². The van der Waals surface area contributed by atoms with Crippen molar-refractivity contribution >= 4 is 59.1 Å². The number of nitrogens with one attached hydrogen (secondary N) is 7. The minimum absolute atomic E-state index is 0.0538. The maximum absolute atomic E-state index is 14.3. The summed E-state index contributed by atoms with van der Waals surface area (Å²) >= 11 is 0. The van der Waals surface area contributed by atoms with Crippen molar-refractivity contribution in [1.29, 1.82) is 0 Å². The van der Waals surface area contributed by atoms with Gasteiger partial charge in [0.2, 0.25) is 53.2 Å². The van der Waals surface area contributed by atoms with Gasteiger partial charge < -0.3 is 74.0 Å². The third-order valence-electron chi connectivity index (χ3n) is 11.4. The van der Waals surface area contributed by atoms with E-state index >= 15 is 0 Å². The van der Waals surface area contributed by atoms with Gasteiger partial charge in [-0.1, -0.05) is 72.8 Å². The lowest BCUT2D eigenvalue weighted by Crippen LogP contribution is -2.59. The number of phenols is 1. The average molecular weight is 1000 g/mol. The molecule has 9 amide bonds. The first-order valence-electron chi connectivity index (χ1n) is 23.0. The van der Waals surface area contributed by atoms with Crippen LogP contribution in [0.25, 0.3) is 0 Å². The predicted octanol–water partition coefficient (Wildman–Crippen LogP) is -3.88. The van der Waals surface area contributed by atoms with Gasteiger partial charge in [0.25, 0.3) is 0 Å². The predicted molar refractivity (Wildman–Crippen MR) is 255 cm³/mol. The van der Waals surface area contributed by atoms with Crippen molar-refractivity contribution < 1.29 is 68.4 Å². The third-order valence-corrected chi connectivity index (χ3v) is 11.4. The van der Waals surface area contributed by atoms with Crippen LogP contribution in [0.5, 0.6) is 5.75 Å². The Labute approximate surface area is 414 Å².